The van der Waals surface area contributed by atoms with E-state index in [-0.39, 0.29) is 31.1 Å². The fourth-order valence-electron chi connectivity index (χ4n) is 2.45. The van der Waals surface area contributed by atoms with Crippen molar-refractivity contribution in [3.8, 4) is 5.75 Å². The highest BCUT2D eigenvalue weighted by molar-refractivity contribution is 5.78. The summed E-state index contributed by atoms with van der Waals surface area (Å²) in [7, 11) is 0. The first-order valence-electron chi connectivity index (χ1n) is 6.58. The molecular formula is C14H20N2O3. The molecule has 0 aliphatic heterocycles. The molecule has 0 radical (unpaired) electrons. The van der Waals surface area contributed by atoms with E-state index in [4.69, 9.17) is 10.5 Å². The van der Waals surface area contributed by atoms with Crippen LogP contribution in [0.3, 0.4) is 0 Å². The molecule has 1 aromatic rings. The lowest BCUT2D eigenvalue weighted by Gasteiger charge is -2.19. The van der Waals surface area contributed by atoms with Crippen LogP contribution in [0.25, 0.3) is 0 Å². The van der Waals surface area contributed by atoms with Gasteiger partial charge in [0, 0.05) is 18.6 Å². The second-order valence-electron chi connectivity index (χ2n) is 4.87. The molecule has 2 rings (SSSR count). The lowest BCUT2D eigenvalue weighted by Crippen LogP contribution is -2.41. The summed E-state index contributed by atoms with van der Waals surface area (Å²) in [5, 5.41) is 12.1. The molecule has 1 aliphatic rings. The predicted octanol–water partition coefficient (Wildman–Crippen LogP) is 0.925. The molecule has 5 nitrogen and oxygen atoms in total. The van der Waals surface area contributed by atoms with Gasteiger partial charge in [0.15, 0.2) is 6.61 Å². The summed E-state index contributed by atoms with van der Waals surface area (Å²) in [6, 6.07) is 7.14. The van der Waals surface area contributed by atoms with Crippen molar-refractivity contribution in [1.29, 1.82) is 0 Å². The number of nitrogen functional groups attached to an aromatic ring is 1. The van der Waals surface area contributed by atoms with Crippen LogP contribution in [-0.4, -0.2) is 30.3 Å². The Hall–Kier alpha value is -1.75. The van der Waals surface area contributed by atoms with E-state index in [0.717, 1.165) is 19.3 Å². The molecular weight excluding hydrogens is 244 g/mol. The molecule has 4 N–H and O–H groups in total. The SMILES string of the molecule is Nc1ccccc1OCC(=O)NC1CCCC1CO. The van der Waals surface area contributed by atoms with Gasteiger partial charge in [-0.05, 0) is 25.0 Å². The Morgan fingerprint density at radius 1 is 1.42 bits per heavy atom. The molecule has 1 amide bonds. The number of rotatable bonds is 5. The van der Waals surface area contributed by atoms with Gasteiger partial charge in [0.25, 0.3) is 5.91 Å². The minimum Gasteiger partial charge on any atom is -0.482 e. The second-order valence-corrected chi connectivity index (χ2v) is 4.87. The van der Waals surface area contributed by atoms with Crippen molar-refractivity contribution in [2.75, 3.05) is 18.9 Å². The van der Waals surface area contributed by atoms with Crippen LogP contribution >= 0.6 is 0 Å². The van der Waals surface area contributed by atoms with Crippen LogP contribution < -0.4 is 15.8 Å². The van der Waals surface area contributed by atoms with Gasteiger partial charge in [-0.1, -0.05) is 18.6 Å². The summed E-state index contributed by atoms with van der Waals surface area (Å²) in [4.78, 5) is 11.8. The van der Waals surface area contributed by atoms with Crippen LogP contribution in [0.1, 0.15) is 19.3 Å². The zero-order chi connectivity index (χ0) is 13.7. The molecule has 1 saturated carbocycles. The Morgan fingerprint density at radius 2 is 2.21 bits per heavy atom. The van der Waals surface area contributed by atoms with Gasteiger partial charge in [-0.2, -0.15) is 0 Å². The predicted molar refractivity (Wildman–Crippen MR) is 72.7 cm³/mol. The molecule has 2 atom stereocenters. The van der Waals surface area contributed by atoms with Crippen LogP contribution in [0.4, 0.5) is 5.69 Å². The highest BCUT2D eigenvalue weighted by Gasteiger charge is 2.27. The van der Waals surface area contributed by atoms with Crippen LogP contribution in [0.15, 0.2) is 24.3 Å². The van der Waals surface area contributed by atoms with E-state index >= 15 is 0 Å². The molecule has 0 aromatic heterocycles. The molecule has 5 heteroatoms. The minimum atomic E-state index is -0.173. The van der Waals surface area contributed by atoms with Gasteiger partial charge >= 0.3 is 0 Å². The average Bonchev–Trinajstić information content (AvgIpc) is 2.85. The number of aliphatic hydroxyl groups is 1. The number of hydrogen-bond acceptors (Lipinski definition) is 4. The molecule has 104 valence electrons. The summed E-state index contributed by atoms with van der Waals surface area (Å²) in [5.41, 5.74) is 6.24. The van der Waals surface area contributed by atoms with Crippen LogP contribution in [0.2, 0.25) is 0 Å². The molecule has 0 spiro atoms. The Morgan fingerprint density at radius 3 is 2.95 bits per heavy atom. The number of ether oxygens (including phenoxy) is 1. The standard InChI is InChI=1S/C14H20N2O3/c15-11-5-1-2-7-13(11)19-9-14(18)16-12-6-3-4-10(12)8-17/h1-2,5,7,10,12,17H,3-4,6,8-9,15H2,(H,16,18). The number of anilines is 1. The smallest absolute Gasteiger partial charge is 0.258 e. The first-order chi connectivity index (χ1) is 9.20. The molecule has 0 saturated heterocycles. The number of carbonyl (C=O) groups is 1. The van der Waals surface area contributed by atoms with Crippen molar-refractivity contribution >= 4 is 11.6 Å². The van der Waals surface area contributed by atoms with Crippen molar-refractivity contribution in [3.63, 3.8) is 0 Å². The van der Waals surface area contributed by atoms with Gasteiger partial charge in [0.1, 0.15) is 5.75 Å². The zero-order valence-corrected chi connectivity index (χ0v) is 10.8. The van der Waals surface area contributed by atoms with E-state index in [1.54, 1.807) is 12.1 Å². The van der Waals surface area contributed by atoms with E-state index in [0.29, 0.717) is 11.4 Å². The first-order valence-corrected chi connectivity index (χ1v) is 6.58. The summed E-state index contributed by atoms with van der Waals surface area (Å²) < 4.78 is 5.38. The number of nitrogens with two attached hydrogens (primary N) is 1. The number of nitrogens with one attached hydrogen (secondary N) is 1. The lowest BCUT2D eigenvalue weighted by atomic mass is 10.1. The molecule has 0 heterocycles. The van der Waals surface area contributed by atoms with Crippen molar-refractivity contribution in [2.45, 2.75) is 25.3 Å². The highest BCUT2D eigenvalue weighted by atomic mass is 16.5. The van der Waals surface area contributed by atoms with Gasteiger partial charge in [0.05, 0.1) is 5.69 Å². The second kappa shape index (κ2) is 6.43. The Balaban J connectivity index is 1.80. The number of aliphatic hydroxyl groups excluding tert-OH is 1. The summed E-state index contributed by atoms with van der Waals surface area (Å²) in [6.07, 6.45) is 2.93. The Bertz CT molecular complexity index is 436. The number of amides is 1. The Kier molecular flexibility index (Phi) is 4.63. The summed E-state index contributed by atoms with van der Waals surface area (Å²) >= 11 is 0. The van der Waals surface area contributed by atoms with E-state index in [1.807, 2.05) is 12.1 Å². The third-order valence-corrected chi connectivity index (χ3v) is 3.52. The van der Waals surface area contributed by atoms with Crippen molar-refractivity contribution in [3.05, 3.63) is 24.3 Å². The molecule has 2 unspecified atom stereocenters. The number of hydrogen-bond donors (Lipinski definition) is 3. The van der Waals surface area contributed by atoms with Crippen molar-refractivity contribution in [1.82, 2.24) is 5.32 Å². The third-order valence-electron chi connectivity index (χ3n) is 3.52. The number of benzene rings is 1. The van der Waals surface area contributed by atoms with E-state index in [9.17, 15) is 9.90 Å². The molecule has 0 bridgehead atoms. The maximum Gasteiger partial charge on any atom is 0.258 e. The van der Waals surface area contributed by atoms with Crippen LogP contribution in [-0.2, 0) is 4.79 Å². The van der Waals surface area contributed by atoms with E-state index in [2.05, 4.69) is 5.32 Å². The average molecular weight is 264 g/mol. The topological polar surface area (TPSA) is 84.6 Å². The fraction of sp³-hybridized carbons (Fsp3) is 0.500. The third kappa shape index (κ3) is 3.61. The molecule has 1 aliphatic carbocycles. The van der Waals surface area contributed by atoms with E-state index in [1.165, 1.54) is 0 Å². The quantitative estimate of drug-likeness (QED) is 0.691. The first kappa shape index (κ1) is 13.7. The zero-order valence-electron chi connectivity index (χ0n) is 10.8. The maximum absolute atomic E-state index is 11.8. The Labute approximate surface area is 112 Å². The van der Waals surface area contributed by atoms with E-state index < -0.39 is 0 Å². The highest BCUT2D eigenvalue weighted by Crippen LogP contribution is 2.25. The molecule has 19 heavy (non-hydrogen) atoms. The van der Waals surface area contributed by atoms with Gasteiger partial charge in [-0.3, -0.25) is 4.79 Å². The fourth-order valence-corrected chi connectivity index (χ4v) is 2.45. The molecule has 1 aromatic carbocycles. The van der Waals surface area contributed by atoms with Crippen molar-refractivity contribution in [2.24, 2.45) is 5.92 Å². The van der Waals surface area contributed by atoms with Gasteiger partial charge in [-0.25, -0.2) is 0 Å². The monoisotopic (exact) mass is 264 g/mol. The van der Waals surface area contributed by atoms with Gasteiger partial charge in [-0.15, -0.1) is 0 Å². The number of carbonyl (C=O) groups excluding carboxylic acids is 1. The van der Waals surface area contributed by atoms with Gasteiger partial charge < -0.3 is 20.9 Å². The van der Waals surface area contributed by atoms with Gasteiger partial charge in [0.2, 0.25) is 0 Å². The largest absolute Gasteiger partial charge is 0.482 e. The summed E-state index contributed by atoms with van der Waals surface area (Å²) in [6.45, 7) is 0.0697. The minimum absolute atomic E-state index is 0.0527. The van der Waals surface area contributed by atoms with Crippen LogP contribution in [0.5, 0.6) is 5.75 Å². The number of para-hydroxylation sites is 2. The lowest BCUT2D eigenvalue weighted by molar-refractivity contribution is -0.124. The molecule has 1 fully saturated rings. The van der Waals surface area contributed by atoms with Crippen LogP contribution in [0, 0.1) is 5.92 Å². The summed E-state index contributed by atoms with van der Waals surface area (Å²) in [5.74, 6) is 0.516. The maximum atomic E-state index is 11.8. The normalized spacial score (nSPS) is 22.2. The van der Waals surface area contributed by atoms with Crippen molar-refractivity contribution < 1.29 is 14.6 Å².